The normalized spacial score (nSPS) is 16.9. The molecule has 1 atom stereocenters. The zero-order valence-corrected chi connectivity index (χ0v) is 8.42. The Morgan fingerprint density at radius 3 is 1.80 bits per heavy atom. The van der Waals surface area contributed by atoms with Gasteiger partial charge in [-0.05, 0) is 20.8 Å². The predicted molar refractivity (Wildman–Crippen MR) is 51.8 cm³/mol. The van der Waals surface area contributed by atoms with Crippen molar-refractivity contribution >= 4 is 14.7 Å². The molecular weight excluding hydrogens is 138 g/mol. The molecule has 54 valence electrons. The fourth-order valence-electron chi connectivity index (χ4n) is 0.400. The molecule has 0 saturated heterocycles. The third-order valence-electron chi connectivity index (χ3n) is 1.74. The number of rotatable bonds is 0. The summed E-state index contributed by atoms with van der Waals surface area (Å²) in [7, 11) is 4.55. The lowest BCUT2D eigenvalue weighted by Gasteiger charge is -2.26. The highest BCUT2D eigenvalue weighted by atomic mass is 31.2. The first-order chi connectivity index (χ1) is 4.31. The van der Waals surface area contributed by atoms with Gasteiger partial charge >= 0.3 is 7.57 Å². The molecule has 0 aliphatic heterocycles. The Hall–Kier alpha value is 0.0549. The monoisotopic (exact) mass is 153 g/mol. The van der Waals surface area contributed by atoms with E-state index in [1.165, 1.54) is 0 Å². The average Bonchev–Trinajstić information content (AvgIpc) is 1.61. The minimum absolute atomic E-state index is 0.163. The summed E-state index contributed by atoms with van der Waals surface area (Å²) >= 11 is 0. The molecule has 2 radical (unpaired) electrons. The number of hydrogen-bond acceptors (Lipinski definition) is 0. The van der Waals surface area contributed by atoms with Gasteiger partial charge in [0.2, 0.25) is 0 Å². The molecule has 0 rings (SSSR count). The standard InChI is InChI=1S/C8H15BP/c1-6-7-10(5,9)8(2,3)4/h1-5H3/q+1. The first kappa shape index (κ1) is 10.1. The van der Waals surface area contributed by atoms with Crippen LogP contribution in [0.3, 0.4) is 0 Å². The molecule has 0 N–H and O–H groups in total. The lowest BCUT2D eigenvalue weighted by atomic mass is 10.3. The SMILES string of the molecule is [B][P+](C)(C#CC)C(C)(C)C. The van der Waals surface area contributed by atoms with Gasteiger partial charge in [0, 0.05) is 20.7 Å². The Labute approximate surface area is 66.5 Å². The lowest BCUT2D eigenvalue weighted by Crippen LogP contribution is -2.18. The van der Waals surface area contributed by atoms with Crippen molar-refractivity contribution in [1.29, 1.82) is 0 Å². The van der Waals surface area contributed by atoms with Gasteiger partial charge in [0.05, 0.1) is 10.8 Å². The molecule has 0 amide bonds. The molecule has 1 unspecified atom stereocenters. The molecule has 0 fully saturated rings. The quantitative estimate of drug-likeness (QED) is 0.285. The van der Waals surface area contributed by atoms with E-state index in [1.807, 2.05) is 6.92 Å². The van der Waals surface area contributed by atoms with Crippen molar-refractivity contribution in [2.45, 2.75) is 32.9 Å². The highest BCUT2D eigenvalue weighted by molar-refractivity contribution is 8.01. The zero-order valence-electron chi connectivity index (χ0n) is 7.52. The van der Waals surface area contributed by atoms with Gasteiger partial charge in [-0.25, -0.2) is 0 Å². The van der Waals surface area contributed by atoms with Crippen molar-refractivity contribution < 1.29 is 0 Å². The summed E-state index contributed by atoms with van der Waals surface area (Å²) < 4.78 is 0. The van der Waals surface area contributed by atoms with Gasteiger partial charge in [-0.15, -0.1) is 0 Å². The molecule has 0 heterocycles. The van der Waals surface area contributed by atoms with E-state index in [9.17, 15) is 0 Å². The molecular formula is C8H15BP+. The highest BCUT2D eigenvalue weighted by Gasteiger charge is 2.38. The maximum atomic E-state index is 6.04. The van der Waals surface area contributed by atoms with E-state index in [1.54, 1.807) is 0 Å². The van der Waals surface area contributed by atoms with E-state index in [2.05, 4.69) is 39.0 Å². The Balaban J connectivity index is 4.51. The van der Waals surface area contributed by atoms with Crippen LogP contribution in [-0.2, 0) is 0 Å². The molecule has 0 aromatic rings. The molecule has 0 saturated carbocycles. The zero-order chi connectivity index (χ0) is 8.41. The van der Waals surface area contributed by atoms with Gasteiger partial charge in [-0.1, -0.05) is 5.92 Å². The van der Waals surface area contributed by atoms with Crippen LogP contribution < -0.4 is 0 Å². The average molecular weight is 153 g/mol. The fraction of sp³-hybridized carbons (Fsp3) is 0.750. The van der Waals surface area contributed by atoms with Crippen LogP contribution in [0.15, 0.2) is 0 Å². The second-order valence-corrected chi connectivity index (χ2v) is 7.32. The van der Waals surface area contributed by atoms with Crippen LogP contribution in [0.4, 0.5) is 0 Å². The van der Waals surface area contributed by atoms with E-state index < -0.39 is 7.14 Å². The molecule has 2 heteroatoms. The minimum atomic E-state index is -1.49. The van der Waals surface area contributed by atoms with Crippen LogP contribution in [0.1, 0.15) is 27.7 Å². The predicted octanol–water partition coefficient (Wildman–Crippen LogP) is 2.50. The molecule has 0 aliphatic rings. The van der Waals surface area contributed by atoms with Crippen molar-refractivity contribution in [2.24, 2.45) is 0 Å². The highest BCUT2D eigenvalue weighted by Crippen LogP contribution is 2.60. The summed E-state index contributed by atoms with van der Waals surface area (Å²) in [5.74, 6) is 2.89. The summed E-state index contributed by atoms with van der Waals surface area (Å²) in [6.07, 6.45) is 0. The van der Waals surface area contributed by atoms with E-state index in [0.29, 0.717) is 0 Å². The number of hydrogen-bond donors (Lipinski definition) is 0. The van der Waals surface area contributed by atoms with Crippen LogP contribution >= 0.6 is 7.14 Å². The third kappa shape index (κ3) is 2.35. The van der Waals surface area contributed by atoms with Crippen molar-refractivity contribution in [1.82, 2.24) is 0 Å². The molecule has 0 aromatic heterocycles. The Morgan fingerprint density at radius 2 is 1.70 bits per heavy atom. The van der Waals surface area contributed by atoms with Gasteiger partial charge in [-0.2, -0.15) is 0 Å². The smallest absolute Gasteiger partial charge is 0.0654 e. The third-order valence-corrected chi connectivity index (χ3v) is 5.21. The topological polar surface area (TPSA) is 0 Å². The lowest BCUT2D eigenvalue weighted by molar-refractivity contribution is 0.788. The summed E-state index contributed by atoms with van der Waals surface area (Å²) in [6, 6.07) is 0. The first-order valence-corrected chi connectivity index (χ1v) is 5.71. The van der Waals surface area contributed by atoms with E-state index in [-0.39, 0.29) is 5.16 Å². The summed E-state index contributed by atoms with van der Waals surface area (Å²) in [5, 5.41) is 0.163. The molecule has 10 heavy (non-hydrogen) atoms. The second kappa shape index (κ2) is 2.97. The Kier molecular flexibility index (Phi) is 2.99. The molecule has 0 aliphatic carbocycles. The molecule has 0 bridgehead atoms. The first-order valence-electron chi connectivity index (χ1n) is 3.40. The van der Waals surface area contributed by atoms with E-state index >= 15 is 0 Å². The summed E-state index contributed by atoms with van der Waals surface area (Å²) in [4.78, 5) is 0. The Morgan fingerprint density at radius 1 is 1.30 bits per heavy atom. The molecule has 0 aromatic carbocycles. The maximum Gasteiger partial charge on any atom is 0.381 e. The second-order valence-electron chi connectivity index (χ2n) is 3.61. The van der Waals surface area contributed by atoms with Crippen molar-refractivity contribution in [3.8, 4) is 11.6 Å². The molecule has 0 spiro atoms. The maximum absolute atomic E-state index is 6.04. The van der Waals surface area contributed by atoms with E-state index in [0.717, 1.165) is 0 Å². The van der Waals surface area contributed by atoms with Crippen LogP contribution in [0.5, 0.6) is 0 Å². The summed E-state index contributed by atoms with van der Waals surface area (Å²) in [5.41, 5.74) is 3.10. The fourth-order valence-corrected chi connectivity index (χ4v) is 1.20. The van der Waals surface area contributed by atoms with Gasteiger partial charge in [0.1, 0.15) is 0 Å². The van der Waals surface area contributed by atoms with Crippen LogP contribution in [0.25, 0.3) is 0 Å². The van der Waals surface area contributed by atoms with Gasteiger partial charge in [-0.3, -0.25) is 0 Å². The molecule has 0 nitrogen and oxygen atoms in total. The summed E-state index contributed by atoms with van der Waals surface area (Å²) in [6.45, 7) is 10.3. The van der Waals surface area contributed by atoms with Crippen LogP contribution in [0.2, 0.25) is 0 Å². The van der Waals surface area contributed by atoms with Crippen LogP contribution in [-0.4, -0.2) is 19.4 Å². The van der Waals surface area contributed by atoms with Crippen molar-refractivity contribution in [3.05, 3.63) is 0 Å². The van der Waals surface area contributed by atoms with Crippen molar-refractivity contribution in [3.63, 3.8) is 0 Å². The van der Waals surface area contributed by atoms with Crippen LogP contribution in [0, 0.1) is 11.6 Å². The van der Waals surface area contributed by atoms with Crippen molar-refractivity contribution in [2.75, 3.05) is 6.66 Å². The minimum Gasteiger partial charge on any atom is -0.0654 e. The van der Waals surface area contributed by atoms with E-state index in [4.69, 9.17) is 7.57 Å². The largest absolute Gasteiger partial charge is 0.381 e. The van der Waals surface area contributed by atoms with Gasteiger partial charge in [0.15, 0.2) is 0 Å². The Bertz CT molecular complexity index is 166. The van der Waals surface area contributed by atoms with Gasteiger partial charge in [0.25, 0.3) is 0 Å². The van der Waals surface area contributed by atoms with Gasteiger partial charge < -0.3 is 0 Å².